The van der Waals surface area contributed by atoms with Crippen molar-refractivity contribution in [1.29, 1.82) is 0 Å². The Morgan fingerprint density at radius 2 is 1.61 bits per heavy atom. The summed E-state index contributed by atoms with van der Waals surface area (Å²) in [5, 5.41) is 12.9. The molecule has 3 heterocycles. The van der Waals surface area contributed by atoms with Crippen molar-refractivity contribution in [3.8, 4) is 11.4 Å². The van der Waals surface area contributed by atoms with Gasteiger partial charge in [-0.3, -0.25) is 14.5 Å². The Balaban J connectivity index is 1.51. The second kappa shape index (κ2) is 8.95. The number of hydrogen-bond donors (Lipinski definition) is 1. The van der Waals surface area contributed by atoms with Gasteiger partial charge in [-0.05, 0) is 23.1 Å². The molecule has 1 aliphatic carbocycles. The molecule has 0 spiro atoms. The summed E-state index contributed by atoms with van der Waals surface area (Å²) in [7, 11) is 0. The molecule has 0 bridgehead atoms. The number of aromatic nitrogens is 3. The molecule has 0 radical (unpaired) electrons. The number of hydrogen-bond acceptors (Lipinski definition) is 5. The number of likely N-dealkylation sites (tertiary alicyclic amines) is 1. The van der Waals surface area contributed by atoms with Gasteiger partial charge in [0.25, 0.3) is 11.8 Å². The highest BCUT2D eigenvalue weighted by Gasteiger charge is 2.75. The number of carbonyl (C=O) groups is 2. The second-order valence-electron chi connectivity index (χ2n) is 10.4. The molecule has 3 aliphatic rings. The number of imide groups is 1. The standard InChI is InChI=1S/C29H21BrCl2N4O5/c30-15-33-24(38)28(31)14-21-19(12-13-34-26(40)35(27(41)36(21)34)17-7-2-1-3-8-17)22(29(28,32)25(33)39)20-11-10-16-6-4-5-9-18(16)23(20)37/h1-12,21-22,37H,13-15H2. The molecule has 12 heteroatoms. The molecule has 2 aliphatic heterocycles. The lowest BCUT2D eigenvalue weighted by molar-refractivity contribution is -0.138. The van der Waals surface area contributed by atoms with Crippen LogP contribution >= 0.6 is 39.1 Å². The van der Waals surface area contributed by atoms with Gasteiger partial charge < -0.3 is 5.11 Å². The Bertz CT molecular complexity index is 1950. The number of rotatable bonds is 3. The first-order valence-electron chi connectivity index (χ1n) is 12.9. The monoisotopic (exact) mass is 654 g/mol. The number of phenols is 1. The van der Waals surface area contributed by atoms with E-state index in [2.05, 4.69) is 15.9 Å². The van der Waals surface area contributed by atoms with Crippen molar-refractivity contribution < 1.29 is 14.7 Å². The first kappa shape index (κ1) is 26.3. The fourth-order valence-corrected chi connectivity index (χ4v) is 8.06. The minimum absolute atomic E-state index is 0.0110. The first-order chi connectivity index (χ1) is 19.6. The van der Waals surface area contributed by atoms with Gasteiger partial charge in [0.2, 0.25) is 0 Å². The van der Waals surface area contributed by atoms with E-state index in [0.717, 1.165) is 14.9 Å². The Kier molecular flexibility index (Phi) is 5.74. The number of nitrogens with zero attached hydrogens (tertiary/aromatic N) is 4. The molecule has 2 fully saturated rings. The number of alkyl halides is 3. The topological polar surface area (TPSA) is 107 Å². The largest absolute Gasteiger partial charge is 0.507 e. The van der Waals surface area contributed by atoms with Crippen molar-refractivity contribution in [3.05, 3.63) is 105 Å². The predicted octanol–water partition coefficient (Wildman–Crippen LogP) is 4.00. The summed E-state index contributed by atoms with van der Waals surface area (Å²) in [6.07, 6.45) is 1.52. The SMILES string of the molecule is O=C1N(CBr)C(=O)C2(Cl)C(c3ccc4ccccc4c3O)C3=CCn4c(=O)n(-c5ccccc5)c(=O)n4C3CC12Cl. The average molecular weight is 656 g/mol. The molecule has 41 heavy (non-hydrogen) atoms. The molecule has 1 saturated carbocycles. The lowest BCUT2D eigenvalue weighted by Crippen LogP contribution is -2.59. The van der Waals surface area contributed by atoms with Crippen LogP contribution in [-0.2, 0) is 16.1 Å². The molecule has 4 unspecified atom stereocenters. The summed E-state index contributed by atoms with van der Waals surface area (Å²) < 4.78 is 3.66. The molecule has 2 amide bonds. The maximum absolute atomic E-state index is 13.9. The van der Waals surface area contributed by atoms with Crippen LogP contribution < -0.4 is 11.4 Å². The Morgan fingerprint density at radius 1 is 0.902 bits per heavy atom. The number of benzene rings is 3. The third-order valence-electron chi connectivity index (χ3n) is 8.54. The number of para-hydroxylation sites is 1. The van der Waals surface area contributed by atoms with Crippen LogP contribution in [0, 0.1) is 0 Å². The fraction of sp³-hybridized carbons (Fsp3) is 0.241. The van der Waals surface area contributed by atoms with E-state index < -0.39 is 44.9 Å². The Labute approximate surface area is 250 Å². The van der Waals surface area contributed by atoms with E-state index >= 15 is 0 Å². The van der Waals surface area contributed by atoms with Crippen molar-refractivity contribution in [2.45, 2.75) is 34.7 Å². The summed E-state index contributed by atoms with van der Waals surface area (Å²) >= 11 is 17.7. The number of amides is 2. The fourth-order valence-electron chi connectivity index (χ4n) is 6.66. The lowest BCUT2D eigenvalue weighted by atomic mass is 9.64. The van der Waals surface area contributed by atoms with E-state index in [0.29, 0.717) is 22.2 Å². The van der Waals surface area contributed by atoms with Crippen LogP contribution in [0.5, 0.6) is 5.75 Å². The third-order valence-corrected chi connectivity index (χ3v) is 10.5. The number of carbonyl (C=O) groups excluding carboxylic acids is 2. The normalized spacial score (nSPS) is 27.0. The molecule has 1 saturated heterocycles. The van der Waals surface area contributed by atoms with E-state index in [1.807, 2.05) is 12.1 Å². The maximum Gasteiger partial charge on any atom is 0.352 e. The number of fused-ring (bicyclic) bond motifs is 5. The van der Waals surface area contributed by atoms with Crippen LogP contribution in [0.1, 0.15) is 23.9 Å². The molecular weight excluding hydrogens is 635 g/mol. The van der Waals surface area contributed by atoms with Gasteiger partial charge in [-0.25, -0.2) is 23.5 Å². The quantitative estimate of drug-likeness (QED) is 0.155. The number of aromatic hydroxyl groups is 1. The van der Waals surface area contributed by atoms with Gasteiger partial charge in [0.05, 0.1) is 23.7 Å². The smallest absolute Gasteiger partial charge is 0.352 e. The van der Waals surface area contributed by atoms with E-state index in [4.69, 9.17) is 23.2 Å². The van der Waals surface area contributed by atoms with Gasteiger partial charge in [-0.15, -0.1) is 23.2 Å². The number of phenolic OH excluding ortho intramolecular Hbond substituents is 1. The summed E-state index contributed by atoms with van der Waals surface area (Å²) in [4.78, 5) is 52.0. The molecule has 7 rings (SSSR count). The third kappa shape index (κ3) is 3.23. The average Bonchev–Trinajstić information content (AvgIpc) is 3.32. The highest BCUT2D eigenvalue weighted by atomic mass is 79.9. The van der Waals surface area contributed by atoms with Crippen LogP contribution in [0.25, 0.3) is 16.5 Å². The molecule has 4 aromatic rings. The van der Waals surface area contributed by atoms with Crippen LogP contribution in [0.4, 0.5) is 0 Å². The summed E-state index contributed by atoms with van der Waals surface area (Å²) in [6.45, 7) is 0.0110. The minimum Gasteiger partial charge on any atom is -0.507 e. The van der Waals surface area contributed by atoms with E-state index in [9.17, 15) is 24.3 Å². The van der Waals surface area contributed by atoms with Crippen LogP contribution in [-0.4, -0.2) is 51.0 Å². The Morgan fingerprint density at radius 3 is 2.34 bits per heavy atom. The second-order valence-corrected chi connectivity index (χ2v) is 12.2. The maximum atomic E-state index is 13.9. The van der Waals surface area contributed by atoms with E-state index in [1.54, 1.807) is 60.7 Å². The molecule has 9 nitrogen and oxygen atoms in total. The highest BCUT2D eigenvalue weighted by molar-refractivity contribution is 9.09. The first-order valence-corrected chi connectivity index (χ1v) is 14.7. The van der Waals surface area contributed by atoms with E-state index in [-0.39, 0.29) is 24.2 Å². The Hall–Kier alpha value is -3.60. The van der Waals surface area contributed by atoms with Gasteiger partial charge in [0.1, 0.15) is 5.75 Å². The molecule has 3 aromatic carbocycles. The van der Waals surface area contributed by atoms with Gasteiger partial charge in [0, 0.05) is 23.3 Å². The molecule has 4 atom stereocenters. The van der Waals surface area contributed by atoms with Crippen molar-refractivity contribution in [2.75, 3.05) is 5.45 Å². The minimum atomic E-state index is -2.02. The van der Waals surface area contributed by atoms with E-state index in [1.165, 1.54) is 9.36 Å². The van der Waals surface area contributed by atoms with Gasteiger partial charge in [-0.1, -0.05) is 76.6 Å². The van der Waals surface area contributed by atoms with Crippen molar-refractivity contribution in [1.82, 2.24) is 18.8 Å². The summed E-state index contributed by atoms with van der Waals surface area (Å²) in [5.41, 5.74) is -0.0975. The lowest BCUT2D eigenvalue weighted by Gasteiger charge is -2.49. The molecule has 1 aromatic heterocycles. The van der Waals surface area contributed by atoms with Gasteiger partial charge in [0.15, 0.2) is 9.75 Å². The number of halogens is 3. The van der Waals surface area contributed by atoms with Gasteiger partial charge in [-0.2, -0.15) is 0 Å². The molecule has 1 N–H and O–H groups in total. The van der Waals surface area contributed by atoms with Crippen LogP contribution in [0.2, 0.25) is 0 Å². The van der Waals surface area contributed by atoms with Gasteiger partial charge >= 0.3 is 11.4 Å². The van der Waals surface area contributed by atoms with Crippen LogP contribution in [0.15, 0.2) is 88.0 Å². The summed E-state index contributed by atoms with van der Waals surface area (Å²) in [5.74, 6) is -2.62. The van der Waals surface area contributed by atoms with Crippen molar-refractivity contribution in [3.63, 3.8) is 0 Å². The molecule has 208 valence electrons. The zero-order valence-electron chi connectivity index (χ0n) is 21.2. The summed E-state index contributed by atoms with van der Waals surface area (Å²) in [6, 6.07) is 18.3. The predicted molar refractivity (Wildman–Crippen MR) is 157 cm³/mol. The van der Waals surface area contributed by atoms with Crippen LogP contribution in [0.3, 0.4) is 0 Å². The van der Waals surface area contributed by atoms with Crippen molar-refractivity contribution >= 4 is 61.7 Å². The zero-order chi connectivity index (χ0) is 28.8. The number of allylic oxidation sites excluding steroid dienone is 2. The molecular formula is C29H21BrCl2N4O5. The zero-order valence-corrected chi connectivity index (χ0v) is 24.3. The highest BCUT2D eigenvalue weighted by Crippen LogP contribution is 2.64. The van der Waals surface area contributed by atoms with Crippen molar-refractivity contribution in [2.24, 2.45) is 0 Å².